The van der Waals surface area contributed by atoms with E-state index in [1.807, 2.05) is 36.4 Å². The molecule has 4 unspecified atom stereocenters. The third-order valence-electron chi connectivity index (χ3n) is 11.7. The van der Waals surface area contributed by atoms with E-state index in [1.54, 1.807) is 4.68 Å². The fourth-order valence-electron chi connectivity index (χ4n) is 9.97. The van der Waals surface area contributed by atoms with Crippen molar-refractivity contribution in [2.45, 2.75) is 56.4 Å². The fraction of sp³-hybridized carbons (Fsp3) is 0.256. The minimum atomic E-state index is -4.56. The van der Waals surface area contributed by atoms with Crippen molar-refractivity contribution in [3.05, 3.63) is 115 Å². The minimum Gasteiger partial charge on any atom is -0.456 e. The molecule has 0 spiro atoms. The van der Waals surface area contributed by atoms with Gasteiger partial charge in [-0.1, -0.05) is 44.2 Å². The SMILES string of the molecule is CCC12C(C3c4ccc5oc6ccccc6c5c4-c4ccc5ccccc5[n+]43)CC1(CC)[n+]1ccccc1-c1cc(C(F)(F)F)nn12. The first-order chi connectivity index (χ1) is 22.8. The maximum absolute atomic E-state index is 14.4. The highest BCUT2D eigenvalue weighted by Gasteiger charge is 2.78. The zero-order chi connectivity index (χ0) is 31.9. The van der Waals surface area contributed by atoms with Gasteiger partial charge in [0.1, 0.15) is 22.4 Å². The van der Waals surface area contributed by atoms with Crippen molar-refractivity contribution in [1.29, 1.82) is 0 Å². The van der Waals surface area contributed by atoms with Crippen LogP contribution in [0.4, 0.5) is 13.2 Å². The number of hydrogen-bond acceptors (Lipinski definition) is 2. The van der Waals surface area contributed by atoms with Crippen LogP contribution < -0.4 is 9.13 Å². The molecule has 4 aromatic heterocycles. The molecule has 0 amide bonds. The molecule has 0 bridgehead atoms. The molecule has 8 heteroatoms. The van der Waals surface area contributed by atoms with Crippen LogP contribution in [0.3, 0.4) is 0 Å². The van der Waals surface area contributed by atoms with Crippen LogP contribution in [-0.4, -0.2) is 9.78 Å². The van der Waals surface area contributed by atoms with Crippen molar-refractivity contribution in [2.75, 3.05) is 0 Å². The van der Waals surface area contributed by atoms with Crippen LogP contribution in [0.25, 0.3) is 55.5 Å². The third-order valence-corrected chi connectivity index (χ3v) is 11.7. The largest absolute Gasteiger partial charge is 0.456 e. The Bertz CT molecular complexity index is 2460. The summed E-state index contributed by atoms with van der Waals surface area (Å²) >= 11 is 0. The van der Waals surface area contributed by atoms with Gasteiger partial charge in [0.05, 0.1) is 11.5 Å². The van der Waals surface area contributed by atoms with Crippen LogP contribution in [0.5, 0.6) is 0 Å². The number of halogens is 3. The van der Waals surface area contributed by atoms with E-state index in [2.05, 4.69) is 88.9 Å². The van der Waals surface area contributed by atoms with Crippen molar-refractivity contribution >= 4 is 32.8 Å². The Morgan fingerprint density at radius 3 is 2.51 bits per heavy atom. The maximum atomic E-state index is 14.4. The Hall–Kier alpha value is -4.98. The molecule has 7 aromatic rings. The molecule has 0 saturated heterocycles. The molecule has 10 rings (SSSR count). The summed E-state index contributed by atoms with van der Waals surface area (Å²) in [5, 5.41) is 7.74. The van der Waals surface area contributed by atoms with Crippen LogP contribution in [-0.2, 0) is 17.3 Å². The zero-order valence-electron chi connectivity index (χ0n) is 25.9. The van der Waals surface area contributed by atoms with Crippen molar-refractivity contribution in [3.63, 3.8) is 0 Å². The first kappa shape index (κ1) is 27.2. The van der Waals surface area contributed by atoms with Crippen molar-refractivity contribution in [3.8, 4) is 22.6 Å². The highest BCUT2D eigenvalue weighted by Crippen LogP contribution is 2.66. The van der Waals surface area contributed by atoms with Crippen LogP contribution in [0.1, 0.15) is 50.4 Å². The second kappa shape index (κ2) is 8.88. The van der Waals surface area contributed by atoms with Crippen LogP contribution in [0, 0.1) is 5.92 Å². The number of alkyl halides is 3. The van der Waals surface area contributed by atoms with Crippen LogP contribution >= 0.6 is 0 Å². The Morgan fingerprint density at radius 2 is 1.68 bits per heavy atom. The number of para-hydroxylation sites is 2. The Morgan fingerprint density at radius 1 is 0.872 bits per heavy atom. The molecule has 1 aliphatic carbocycles. The lowest BCUT2D eigenvalue weighted by Gasteiger charge is -2.61. The summed E-state index contributed by atoms with van der Waals surface area (Å²) in [4.78, 5) is 0. The summed E-state index contributed by atoms with van der Waals surface area (Å²) in [7, 11) is 0. The predicted molar refractivity (Wildman–Crippen MR) is 172 cm³/mol. The molecule has 5 nitrogen and oxygen atoms in total. The van der Waals surface area contributed by atoms with Gasteiger partial charge in [-0.3, -0.25) is 0 Å². The molecule has 232 valence electrons. The van der Waals surface area contributed by atoms with Gasteiger partial charge in [-0.15, -0.1) is 0 Å². The summed E-state index contributed by atoms with van der Waals surface area (Å²) in [5.41, 5.74) is 5.47. The molecule has 3 aromatic carbocycles. The number of benzene rings is 3. The number of pyridine rings is 2. The van der Waals surface area contributed by atoms with Gasteiger partial charge in [0.25, 0.3) is 0 Å². The van der Waals surface area contributed by atoms with Gasteiger partial charge in [-0.05, 0) is 42.8 Å². The van der Waals surface area contributed by atoms with Gasteiger partial charge >= 0.3 is 6.18 Å². The average Bonchev–Trinajstić information content (AvgIpc) is 3.78. The van der Waals surface area contributed by atoms with Gasteiger partial charge in [0.2, 0.25) is 16.9 Å². The van der Waals surface area contributed by atoms with E-state index in [0.717, 1.165) is 62.6 Å². The highest BCUT2D eigenvalue weighted by atomic mass is 19.4. The van der Waals surface area contributed by atoms with Crippen molar-refractivity contribution in [1.82, 2.24) is 9.78 Å². The monoisotopic (exact) mass is 628 g/mol. The smallest absolute Gasteiger partial charge is 0.435 e. The molecule has 2 aliphatic heterocycles. The van der Waals surface area contributed by atoms with E-state index in [9.17, 15) is 13.2 Å². The molecular weight excluding hydrogens is 597 g/mol. The molecule has 4 atom stereocenters. The van der Waals surface area contributed by atoms with E-state index < -0.39 is 22.9 Å². The summed E-state index contributed by atoms with van der Waals surface area (Å²) < 4.78 is 56.1. The number of aromatic nitrogens is 4. The van der Waals surface area contributed by atoms with E-state index in [0.29, 0.717) is 12.1 Å². The molecular formula is C39H31F3N4O+2. The quantitative estimate of drug-likeness (QED) is 0.184. The van der Waals surface area contributed by atoms with E-state index in [4.69, 9.17) is 4.42 Å². The maximum Gasteiger partial charge on any atom is 0.435 e. The van der Waals surface area contributed by atoms with Crippen LogP contribution in [0.15, 0.2) is 108 Å². The lowest BCUT2D eigenvalue weighted by atomic mass is 9.47. The number of furan rings is 1. The zero-order valence-corrected chi connectivity index (χ0v) is 25.9. The molecule has 0 N–H and O–H groups in total. The number of fused-ring (bicyclic) bond motifs is 15. The Kier molecular flexibility index (Phi) is 5.13. The predicted octanol–water partition coefficient (Wildman–Crippen LogP) is 8.71. The number of hydrogen-bond donors (Lipinski definition) is 0. The van der Waals surface area contributed by atoms with E-state index >= 15 is 0 Å². The molecule has 1 fully saturated rings. The Balaban J connectivity index is 1.30. The summed E-state index contributed by atoms with van der Waals surface area (Å²) in [6, 6.07) is 32.2. The average molecular weight is 629 g/mol. The first-order valence-electron chi connectivity index (χ1n) is 16.4. The lowest BCUT2D eigenvalue weighted by molar-refractivity contribution is -0.803. The van der Waals surface area contributed by atoms with Crippen molar-refractivity contribution in [2.24, 2.45) is 5.92 Å². The topological polar surface area (TPSA) is 38.7 Å². The highest BCUT2D eigenvalue weighted by molar-refractivity contribution is 6.13. The summed E-state index contributed by atoms with van der Waals surface area (Å²) in [6.07, 6.45) is -0.314. The third kappa shape index (κ3) is 3.10. The van der Waals surface area contributed by atoms with Crippen LogP contribution in [0.2, 0.25) is 0 Å². The van der Waals surface area contributed by atoms with E-state index in [-0.39, 0.29) is 12.0 Å². The summed E-state index contributed by atoms with van der Waals surface area (Å²) in [5.74, 6) is -0.0561. The fourth-order valence-corrected chi connectivity index (χ4v) is 9.97. The first-order valence-corrected chi connectivity index (χ1v) is 16.4. The lowest BCUT2D eigenvalue weighted by Crippen LogP contribution is -2.83. The number of nitrogens with zero attached hydrogens (tertiary/aromatic N) is 4. The standard InChI is InChI=1S/C39H31F3N4O/c1-3-37-22-26(38(37,4-2)46-30(21-33(43-46)39(40,41)42)28-14-9-10-20-44(28)37)36-25-17-19-32-35(24-12-6-8-15-31(24)47-32)34(25)29-18-16-23-11-5-7-13-27(23)45(29)36/h5-21,26,36H,3-4,22H2,1-2H3/q+2. The molecule has 1 saturated carbocycles. The van der Waals surface area contributed by atoms with Gasteiger partial charge in [-0.25, -0.2) is 4.68 Å². The summed E-state index contributed by atoms with van der Waals surface area (Å²) in [6.45, 7) is 4.30. The van der Waals surface area contributed by atoms with Gasteiger partial charge in [-0.2, -0.15) is 27.4 Å². The molecule has 3 aliphatic rings. The van der Waals surface area contributed by atoms with Gasteiger partial charge in [0, 0.05) is 64.9 Å². The normalized spacial score (nSPS) is 24.1. The van der Waals surface area contributed by atoms with Crippen molar-refractivity contribution < 1.29 is 26.7 Å². The molecule has 6 heterocycles. The molecule has 0 radical (unpaired) electrons. The van der Waals surface area contributed by atoms with E-state index in [1.165, 1.54) is 11.6 Å². The second-order valence-electron chi connectivity index (χ2n) is 13.3. The van der Waals surface area contributed by atoms with Gasteiger partial charge in [0.15, 0.2) is 23.5 Å². The minimum absolute atomic E-state index is 0.0561. The molecule has 47 heavy (non-hydrogen) atoms. The second-order valence-corrected chi connectivity index (χ2v) is 13.3. The number of rotatable bonds is 3. The van der Waals surface area contributed by atoms with Gasteiger partial charge < -0.3 is 4.42 Å². The Labute approximate surface area is 268 Å².